The van der Waals surface area contributed by atoms with E-state index in [2.05, 4.69) is 6.08 Å². The highest BCUT2D eigenvalue weighted by molar-refractivity contribution is 5.76. The number of ether oxygens (including phenoxy) is 1. The SMILES string of the molecule is O=CC1=CC2=C(C=C(n3ccc(OCc4ccccc4)cc3=O)CC2)CC1. The number of rotatable bonds is 5. The summed E-state index contributed by atoms with van der Waals surface area (Å²) in [6.45, 7) is 0.439. The molecule has 27 heavy (non-hydrogen) atoms. The van der Waals surface area contributed by atoms with E-state index in [1.54, 1.807) is 16.8 Å². The summed E-state index contributed by atoms with van der Waals surface area (Å²) < 4.78 is 7.43. The van der Waals surface area contributed by atoms with Crippen molar-refractivity contribution in [2.45, 2.75) is 32.3 Å². The Balaban J connectivity index is 1.52. The van der Waals surface area contributed by atoms with Gasteiger partial charge in [0.2, 0.25) is 0 Å². The highest BCUT2D eigenvalue weighted by Crippen LogP contribution is 2.34. The van der Waals surface area contributed by atoms with E-state index in [1.807, 2.05) is 42.5 Å². The molecule has 0 amide bonds. The molecular weight excluding hydrogens is 338 g/mol. The Morgan fingerprint density at radius 1 is 0.963 bits per heavy atom. The summed E-state index contributed by atoms with van der Waals surface area (Å²) in [6, 6.07) is 13.3. The first kappa shape index (κ1) is 17.3. The van der Waals surface area contributed by atoms with Crippen LogP contribution in [0.3, 0.4) is 0 Å². The number of benzene rings is 1. The number of aldehydes is 1. The predicted octanol–water partition coefficient (Wildman–Crippen LogP) is 4.28. The van der Waals surface area contributed by atoms with Crippen molar-refractivity contribution in [3.63, 3.8) is 0 Å². The summed E-state index contributed by atoms with van der Waals surface area (Å²) in [7, 11) is 0. The van der Waals surface area contributed by atoms with E-state index in [-0.39, 0.29) is 5.56 Å². The van der Waals surface area contributed by atoms with E-state index < -0.39 is 0 Å². The molecule has 0 atom stereocenters. The molecule has 4 nitrogen and oxygen atoms in total. The number of carbonyl (C=O) groups excluding carboxylic acids is 1. The second-order valence-corrected chi connectivity index (χ2v) is 6.87. The van der Waals surface area contributed by atoms with Gasteiger partial charge in [-0.05, 0) is 60.1 Å². The molecule has 0 fully saturated rings. The van der Waals surface area contributed by atoms with Crippen molar-refractivity contribution < 1.29 is 9.53 Å². The number of hydrogen-bond acceptors (Lipinski definition) is 3. The molecule has 136 valence electrons. The molecular formula is C23H21NO3. The smallest absolute Gasteiger partial charge is 0.258 e. The van der Waals surface area contributed by atoms with Crippen LogP contribution in [-0.2, 0) is 11.4 Å². The van der Waals surface area contributed by atoms with E-state index in [9.17, 15) is 9.59 Å². The molecule has 0 aliphatic heterocycles. The molecule has 2 aromatic rings. The molecule has 0 saturated carbocycles. The van der Waals surface area contributed by atoms with Crippen molar-refractivity contribution in [2.24, 2.45) is 0 Å². The fourth-order valence-electron chi connectivity index (χ4n) is 3.57. The van der Waals surface area contributed by atoms with Crippen LogP contribution < -0.4 is 10.3 Å². The van der Waals surface area contributed by atoms with Gasteiger partial charge >= 0.3 is 0 Å². The van der Waals surface area contributed by atoms with Crippen molar-refractivity contribution in [1.29, 1.82) is 0 Å². The first-order valence-electron chi connectivity index (χ1n) is 9.21. The van der Waals surface area contributed by atoms with Gasteiger partial charge in [0.15, 0.2) is 0 Å². The fraction of sp³-hybridized carbons (Fsp3) is 0.217. The number of hydrogen-bond donors (Lipinski definition) is 0. The lowest BCUT2D eigenvalue weighted by molar-refractivity contribution is -0.105. The summed E-state index contributed by atoms with van der Waals surface area (Å²) in [5, 5.41) is 0. The molecule has 4 heteroatoms. The van der Waals surface area contributed by atoms with Gasteiger partial charge in [-0.3, -0.25) is 14.2 Å². The molecule has 2 aliphatic rings. The van der Waals surface area contributed by atoms with Crippen molar-refractivity contribution in [2.75, 3.05) is 0 Å². The third-order valence-corrected chi connectivity index (χ3v) is 5.05. The van der Waals surface area contributed by atoms with Crippen LogP contribution in [0.1, 0.15) is 31.2 Å². The van der Waals surface area contributed by atoms with Crippen molar-refractivity contribution in [3.05, 3.63) is 93.5 Å². The van der Waals surface area contributed by atoms with E-state index in [4.69, 9.17) is 4.74 Å². The summed E-state index contributed by atoms with van der Waals surface area (Å²) in [6.07, 6.45) is 10.1. The highest BCUT2D eigenvalue weighted by atomic mass is 16.5. The zero-order valence-electron chi connectivity index (χ0n) is 15.1. The zero-order valence-corrected chi connectivity index (χ0v) is 15.1. The second-order valence-electron chi connectivity index (χ2n) is 6.87. The summed E-state index contributed by atoms with van der Waals surface area (Å²) in [4.78, 5) is 23.6. The standard InChI is InChI=1S/C23H21NO3/c25-15-18-6-7-20-13-21(9-8-19(20)12-18)24-11-10-22(14-23(24)26)27-16-17-4-2-1-3-5-17/h1-5,10-15H,6-9,16H2. The van der Waals surface area contributed by atoms with Crippen molar-refractivity contribution >= 4 is 12.0 Å². The lowest BCUT2D eigenvalue weighted by Gasteiger charge is -2.23. The molecule has 0 bridgehead atoms. The fourth-order valence-corrected chi connectivity index (χ4v) is 3.57. The molecule has 0 radical (unpaired) electrons. The molecule has 1 heterocycles. The highest BCUT2D eigenvalue weighted by Gasteiger charge is 2.18. The van der Waals surface area contributed by atoms with E-state index in [1.165, 1.54) is 11.1 Å². The molecule has 2 aliphatic carbocycles. The molecule has 0 spiro atoms. The Hall–Kier alpha value is -3.14. The largest absolute Gasteiger partial charge is 0.489 e. The normalized spacial score (nSPS) is 16.3. The average molecular weight is 359 g/mol. The number of allylic oxidation sites excluding steroid dienone is 6. The minimum atomic E-state index is -0.0872. The van der Waals surface area contributed by atoms with Gasteiger partial charge in [0.05, 0.1) is 0 Å². The minimum Gasteiger partial charge on any atom is -0.489 e. The van der Waals surface area contributed by atoms with E-state index in [0.717, 1.165) is 48.8 Å². The van der Waals surface area contributed by atoms with Crippen molar-refractivity contribution in [1.82, 2.24) is 4.57 Å². The topological polar surface area (TPSA) is 48.3 Å². The molecule has 0 N–H and O–H groups in total. The van der Waals surface area contributed by atoms with Gasteiger partial charge in [-0.1, -0.05) is 36.4 Å². The Bertz CT molecular complexity index is 1010. The van der Waals surface area contributed by atoms with Crippen LogP contribution in [0.15, 0.2) is 82.3 Å². The molecule has 0 unspecified atom stereocenters. The van der Waals surface area contributed by atoms with Crippen molar-refractivity contribution in [3.8, 4) is 5.75 Å². The van der Waals surface area contributed by atoms with Crippen LogP contribution >= 0.6 is 0 Å². The minimum absolute atomic E-state index is 0.0872. The summed E-state index contributed by atoms with van der Waals surface area (Å²) >= 11 is 0. The lowest BCUT2D eigenvalue weighted by atomic mass is 9.86. The van der Waals surface area contributed by atoms with Crippen LogP contribution in [0.25, 0.3) is 5.70 Å². The van der Waals surface area contributed by atoms with Crippen LogP contribution in [0, 0.1) is 0 Å². The Labute approximate surface area is 158 Å². The van der Waals surface area contributed by atoms with Crippen LogP contribution in [0.2, 0.25) is 0 Å². The maximum Gasteiger partial charge on any atom is 0.258 e. The molecule has 0 saturated heterocycles. The molecule has 1 aromatic carbocycles. The van der Waals surface area contributed by atoms with Gasteiger partial charge in [-0.15, -0.1) is 0 Å². The van der Waals surface area contributed by atoms with Gasteiger partial charge in [-0.2, -0.15) is 0 Å². The third kappa shape index (κ3) is 3.85. The van der Waals surface area contributed by atoms with Gasteiger partial charge in [-0.25, -0.2) is 0 Å². The van der Waals surface area contributed by atoms with Gasteiger partial charge in [0.1, 0.15) is 18.6 Å². The quantitative estimate of drug-likeness (QED) is 0.749. The summed E-state index contributed by atoms with van der Waals surface area (Å²) in [5.74, 6) is 0.577. The Morgan fingerprint density at radius 2 is 1.74 bits per heavy atom. The monoisotopic (exact) mass is 359 g/mol. The number of aromatic nitrogens is 1. The van der Waals surface area contributed by atoms with Crippen LogP contribution in [-0.4, -0.2) is 10.9 Å². The Kier molecular flexibility index (Phi) is 4.88. The number of carbonyl (C=O) groups is 1. The molecule has 4 rings (SSSR count). The third-order valence-electron chi connectivity index (χ3n) is 5.05. The predicted molar refractivity (Wildman–Crippen MR) is 105 cm³/mol. The van der Waals surface area contributed by atoms with Gasteiger partial charge in [0, 0.05) is 18.0 Å². The molecule has 1 aromatic heterocycles. The average Bonchev–Trinajstić information content (AvgIpc) is 2.72. The Morgan fingerprint density at radius 3 is 2.52 bits per heavy atom. The van der Waals surface area contributed by atoms with Gasteiger partial charge in [0.25, 0.3) is 5.56 Å². The summed E-state index contributed by atoms with van der Waals surface area (Å²) in [5.41, 5.74) is 5.30. The van der Waals surface area contributed by atoms with E-state index >= 15 is 0 Å². The second kappa shape index (κ2) is 7.62. The van der Waals surface area contributed by atoms with Gasteiger partial charge < -0.3 is 4.74 Å². The maximum atomic E-state index is 12.6. The maximum absolute atomic E-state index is 12.6. The van der Waals surface area contributed by atoms with Crippen LogP contribution in [0.4, 0.5) is 0 Å². The number of nitrogens with zero attached hydrogens (tertiary/aromatic N) is 1. The lowest BCUT2D eigenvalue weighted by Crippen LogP contribution is -2.19. The zero-order chi connectivity index (χ0) is 18.6. The first-order valence-corrected chi connectivity index (χ1v) is 9.21. The number of pyridine rings is 1. The van der Waals surface area contributed by atoms with Crippen LogP contribution in [0.5, 0.6) is 5.75 Å². The van der Waals surface area contributed by atoms with E-state index in [0.29, 0.717) is 12.4 Å². The first-order chi connectivity index (χ1) is 13.2.